The Morgan fingerprint density at radius 3 is 2.64 bits per heavy atom. The van der Waals surface area contributed by atoms with Crippen molar-refractivity contribution in [2.24, 2.45) is 0 Å². The molecule has 0 atom stereocenters. The van der Waals surface area contributed by atoms with Crippen LogP contribution in [0.2, 0.25) is 0 Å². The van der Waals surface area contributed by atoms with Gasteiger partial charge in [-0.3, -0.25) is 0 Å². The highest BCUT2D eigenvalue weighted by molar-refractivity contribution is 9.10. The van der Waals surface area contributed by atoms with Crippen LogP contribution in [-0.4, -0.2) is 23.8 Å². The van der Waals surface area contributed by atoms with E-state index in [0.717, 1.165) is 0 Å². The summed E-state index contributed by atoms with van der Waals surface area (Å²) in [4.78, 5) is 0. The van der Waals surface area contributed by atoms with Gasteiger partial charge in [0.25, 0.3) is 0 Å². The number of rotatable bonds is 3. The molecule has 3 nitrogen and oxygen atoms in total. The molecule has 0 unspecified atom stereocenters. The molecule has 0 spiro atoms. The van der Waals surface area contributed by atoms with Crippen LogP contribution in [0.25, 0.3) is 0 Å². The highest BCUT2D eigenvalue weighted by Gasteiger charge is 2.15. The molecule has 0 aliphatic rings. The second-order valence-electron chi connectivity index (χ2n) is 2.88. The first kappa shape index (κ1) is 11.3. The van der Waals surface area contributed by atoms with E-state index in [-0.39, 0.29) is 10.2 Å². The molecule has 14 heavy (non-hydrogen) atoms. The third-order valence-corrected chi connectivity index (χ3v) is 2.47. The molecule has 0 saturated carbocycles. The lowest BCUT2D eigenvalue weighted by atomic mass is 10.1. The lowest BCUT2D eigenvalue weighted by Crippen LogP contribution is -2.10. The van der Waals surface area contributed by atoms with Gasteiger partial charge in [0.2, 0.25) is 0 Å². The largest absolute Gasteiger partial charge is 0.504 e. The average molecular weight is 264 g/mol. The number of nitrogens with one attached hydrogen (secondary N) is 1. The van der Waals surface area contributed by atoms with Crippen LogP contribution in [0.4, 0.5) is 4.39 Å². The molecule has 5 heteroatoms. The normalized spacial score (nSPS) is 10.5. The summed E-state index contributed by atoms with van der Waals surface area (Å²) in [7, 11) is 1.77. The van der Waals surface area contributed by atoms with Crippen molar-refractivity contribution in [1.82, 2.24) is 5.32 Å². The molecule has 1 aromatic carbocycles. The van der Waals surface area contributed by atoms with E-state index in [0.29, 0.717) is 18.5 Å². The molecular formula is C9H11BrFNO2. The lowest BCUT2D eigenvalue weighted by Gasteiger charge is -2.08. The van der Waals surface area contributed by atoms with Crippen molar-refractivity contribution in [3.05, 3.63) is 21.9 Å². The van der Waals surface area contributed by atoms with Gasteiger partial charge in [0.15, 0.2) is 17.3 Å². The van der Waals surface area contributed by atoms with E-state index in [1.54, 1.807) is 7.05 Å². The molecule has 0 aromatic heterocycles. The monoisotopic (exact) mass is 263 g/mol. The maximum absolute atomic E-state index is 13.0. The van der Waals surface area contributed by atoms with Gasteiger partial charge in [0.05, 0.1) is 4.47 Å². The lowest BCUT2D eigenvalue weighted by molar-refractivity contribution is 0.374. The predicted octanol–water partition coefficient (Wildman–Crippen LogP) is 1.76. The van der Waals surface area contributed by atoms with Crippen LogP contribution < -0.4 is 5.32 Å². The Bertz CT molecular complexity index is 344. The number of phenolic OH excluding ortho intramolecular Hbond substituents is 2. The maximum Gasteiger partial charge on any atom is 0.195 e. The van der Waals surface area contributed by atoms with E-state index in [1.807, 2.05) is 0 Å². The van der Waals surface area contributed by atoms with Gasteiger partial charge in [0.1, 0.15) is 0 Å². The van der Waals surface area contributed by atoms with Gasteiger partial charge in [-0.1, -0.05) is 0 Å². The zero-order valence-electron chi connectivity index (χ0n) is 7.64. The minimum absolute atomic E-state index is 0.152. The first-order valence-corrected chi connectivity index (χ1v) is 4.90. The molecule has 0 heterocycles. The van der Waals surface area contributed by atoms with Crippen LogP contribution in [0, 0.1) is 5.82 Å². The zero-order chi connectivity index (χ0) is 10.7. The zero-order valence-corrected chi connectivity index (χ0v) is 9.23. The van der Waals surface area contributed by atoms with E-state index < -0.39 is 11.6 Å². The van der Waals surface area contributed by atoms with E-state index in [9.17, 15) is 14.6 Å². The quantitative estimate of drug-likeness (QED) is 0.729. The third kappa shape index (κ3) is 2.16. The molecule has 3 N–H and O–H groups in total. The summed E-state index contributed by atoms with van der Waals surface area (Å²) in [5.41, 5.74) is 0.505. The molecule has 0 aliphatic heterocycles. The number of hydrogen-bond acceptors (Lipinski definition) is 3. The van der Waals surface area contributed by atoms with Crippen LogP contribution >= 0.6 is 15.9 Å². The minimum Gasteiger partial charge on any atom is -0.504 e. The predicted molar refractivity (Wildman–Crippen MR) is 55.1 cm³/mol. The fourth-order valence-electron chi connectivity index (χ4n) is 1.10. The topological polar surface area (TPSA) is 52.5 Å². The number of hydrogen-bond donors (Lipinski definition) is 3. The summed E-state index contributed by atoms with van der Waals surface area (Å²) < 4.78 is 13.2. The van der Waals surface area contributed by atoms with Crippen LogP contribution in [-0.2, 0) is 6.42 Å². The maximum atomic E-state index is 13.0. The summed E-state index contributed by atoms with van der Waals surface area (Å²) in [6.45, 7) is 0.644. The van der Waals surface area contributed by atoms with Gasteiger partial charge < -0.3 is 15.5 Å². The molecule has 0 saturated heterocycles. The summed E-state index contributed by atoms with van der Waals surface area (Å²) >= 11 is 2.96. The molecule has 78 valence electrons. The van der Waals surface area contributed by atoms with Crippen molar-refractivity contribution < 1.29 is 14.6 Å². The third-order valence-electron chi connectivity index (χ3n) is 1.89. The number of benzene rings is 1. The van der Waals surface area contributed by atoms with Crippen LogP contribution in [0.5, 0.6) is 11.5 Å². The SMILES string of the molecule is CNCCc1cc(Br)c(F)c(O)c1O. The van der Waals surface area contributed by atoms with Crippen molar-refractivity contribution in [3.63, 3.8) is 0 Å². The Morgan fingerprint density at radius 2 is 2.07 bits per heavy atom. The van der Waals surface area contributed by atoms with Gasteiger partial charge in [-0.15, -0.1) is 0 Å². The fourth-order valence-corrected chi connectivity index (χ4v) is 1.57. The van der Waals surface area contributed by atoms with E-state index >= 15 is 0 Å². The standard InChI is InChI=1S/C9H11BrFNO2/c1-12-3-2-5-4-6(10)7(11)9(14)8(5)13/h4,12-14H,2-3H2,1H3. The molecule has 0 aliphatic carbocycles. The van der Waals surface area contributed by atoms with Gasteiger partial charge in [-0.2, -0.15) is 0 Å². The van der Waals surface area contributed by atoms with Gasteiger partial charge in [-0.05, 0) is 42.0 Å². The number of phenols is 2. The van der Waals surface area contributed by atoms with Crippen LogP contribution in [0.15, 0.2) is 10.5 Å². The second kappa shape index (κ2) is 4.61. The Kier molecular flexibility index (Phi) is 3.71. The molecule has 0 radical (unpaired) electrons. The Morgan fingerprint density at radius 1 is 1.43 bits per heavy atom. The van der Waals surface area contributed by atoms with Gasteiger partial charge in [0, 0.05) is 5.56 Å². The van der Waals surface area contributed by atoms with Crippen LogP contribution in [0.3, 0.4) is 0 Å². The molecular weight excluding hydrogens is 253 g/mol. The Hall–Kier alpha value is -0.810. The summed E-state index contributed by atoms with van der Waals surface area (Å²) in [6, 6.07) is 1.46. The summed E-state index contributed by atoms with van der Waals surface area (Å²) in [5.74, 6) is -1.93. The average Bonchev–Trinajstić information content (AvgIpc) is 2.18. The van der Waals surface area contributed by atoms with E-state index in [1.165, 1.54) is 6.07 Å². The smallest absolute Gasteiger partial charge is 0.195 e. The van der Waals surface area contributed by atoms with Crippen molar-refractivity contribution >= 4 is 15.9 Å². The number of likely N-dealkylation sites (N-methyl/N-ethyl adjacent to an activating group) is 1. The van der Waals surface area contributed by atoms with E-state index in [2.05, 4.69) is 21.2 Å². The highest BCUT2D eigenvalue weighted by Crippen LogP contribution is 2.36. The van der Waals surface area contributed by atoms with Gasteiger partial charge in [-0.25, -0.2) is 4.39 Å². The van der Waals surface area contributed by atoms with Crippen molar-refractivity contribution in [2.45, 2.75) is 6.42 Å². The molecule has 0 fully saturated rings. The fraction of sp³-hybridized carbons (Fsp3) is 0.333. The van der Waals surface area contributed by atoms with Crippen molar-refractivity contribution in [3.8, 4) is 11.5 Å². The molecule has 1 aromatic rings. The van der Waals surface area contributed by atoms with Crippen molar-refractivity contribution in [2.75, 3.05) is 13.6 Å². The summed E-state index contributed by atoms with van der Waals surface area (Å²) in [5, 5.41) is 21.5. The summed E-state index contributed by atoms with van der Waals surface area (Å²) in [6.07, 6.45) is 0.523. The van der Waals surface area contributed by atoms with Crippen molar-refractivity contribution in [1.29, 1.82) is 0 Å². The first-order valence-electron chi connectivity index (χ1n) is 4.11. The van der Waals surface area contributed by atoms with E-state index in [4.69, 9.17) is 0 Å². The number of halogens is 2. The molecule has 0 bridgehead atoms. The highest BCUT2D eigenvalue weighted by atomic mass is 79.9. The molecule has 0 amide bonds. The first-order chi connectivity index (χ1) is 6.57. The van der Waals surface area contributed by atoms with Crippen LogP contribution in [0.1, 0.15) is 5.56 Å². The number of aromatic hydroxyl groups is 2. The minimum atomic E-state index is -0.837. The Balaban J connectivity index is 3.06. The second-order valence-corrected chi connectivity index (χ2v) is 3.74. The van der Waals surface area contributed by atoms with Gasteiger partial charge >= 0.3 is 0 Å². The Labute approximate surface area is 89.7 Å². The molecule has 1 rings (SSSR count).